The Morgan fingerprint density at radius 2 is 2.17 bits per heavy atom. The van der Waals surface area contributed by atoms with Gasteiger partial charge < -0.3 is 11.5 Å². The van der Waals surface area contributed by atoms with E-state index in [4.69, 9.17) is 11.5 Å². The van der Waals surface area contributed by atoms with Gasteiger partial charge in [-0.2, -0.15) is 0 Å². The zero-order valence-corrected chi connectivity index (χ0v) is 8.18. The summed E-state index contributed by atoms with van der Waals surface area (Å²) in [6.45, 7) is 4.00. The number of rotatable bonds is 3. The molecule has 1 aliphatic carbocycles. The molecule has 0 spiro atoms. The van der Waals surface area contributed by atoms with Crippen LogP contribution in [0.5, 0.6) is 0 Å². The van der Waals surface area contributed by atoms with E-state index in [0.29, 0.717) is 5.41 Å². The van der Waals surface area contributed by atoms with Crippen molar-refractivity contribution in [3.8, 4) is 0 Å². The Bertz CT molecular complexity index is 134. The predicted molar refractivity (Wildman–Crippen MR) is 52.8 cm³/mol. The fraction of sp³-hybridized carbons (Fsp3) is 1.00. The molecule has 0 aromatic rings. The Labute approximate surface area is 75.7 Å². The highest BCUT2D eigenvalue weighted by molar-refractivity contribution is 4.83. The second kappa shape index (κ2) is 4.24. The van der Waals surface area contributed by atoms with E-state index in [2.05, 4.69) is 6.92 Å². The molecule has 4 N–H and O–H groups in total. The molecule has 2 heteroatoms. The lowest BCUT2D eigenvalue weighted by atomic mass is 9.70. The Hall–Kier alpha value is -0.0800. The quantitative estimate of drug-likeness (QED) is 0.674. The summed E-state index contributed by atoms with van der Waals surface area (Å²) in [4.78, 5) is 0. The second-order valence-electron chi connectivity index (χ2n) is 4.55. The normalized spacial score (nSPS) is 36.8. The third kappa shape index (κ3) is 2.46. The molecule has 2 atom stereocenters. The maximum Gasteiger partial charge on any atom is -0.00231 e. The zero-order valence-electron chi connectivity index (χ0n) is 8.18. The number of hydrogen-bond donors (Lipinski definition) is 2. The molecule has 0 aliphatic heterocycles. The van der Waals surface area contributed by atoms with Crippen LogP contribution in [0.4, 0.5) is 0 Å². The Balaban J connectivity index is 2.39. The average Bonchev–Trinajstić information content (AvgIpc) is 2.05. The summed E-state index contributed by atoms with van der Waals surface area (Å²) in [5.74, 6) is 0.845. The topological polar surface area (TPSA) is 52.0 Å². The maximum atomic E-state index is 5.76. The molecule has 72 valence electrons. The fourth-order valence-corrected chi connectivity index (χ4v) is 2.39. The van der Waals surface area contributed by atoms with Crippen molar-refractivity contribution in [1.82, 2.24) is 0 Å². The van der Waals surface area contributed by atoms with Crippen molar-refractivity contribution in [2.45, 2.75) is 39.0 Å². The van der Waals surface area contributed by atoms with Crippen molar-refractivity contribution in [2.24, 2.45) is 22.8 Å². The SMILES string of the molecule is CC1(CN)CCCC(CCN)C1. The van der Waals surface area contributed by atoms with Crippen molar-refractivity contribution < 1.29 is 0 Å². The van der Waals surface area contributed by atoms with Gasteiger partial charge in [-0.05, 0) is 43.7 Å². The van der Waals surface area contributed by atoms with E-state index < -0.39 is 0 Å². The number of nitrogens with two attached hydrogens (primary N) is 2. The highest BCUT2D eigenvalue weighted by Crippen LogP contribution is 2.39. The summed E-state index contributed by atoms with van der Waals surface area (Å²) >= 11 is 0. The van der Waals surface area contributed by atoms with Crippen molar-refractivity contribution in [3.05, 3.63) is 0 Å². The molecule has 1 rings (SSSR count). The van der Waals surface area contributed by atoms with E-state index in [0.717, 1.165) is 19.0 Å². The highest BCUT2D eigenvalue weighted by Gasteiger charge is 2.30. The van der Waals surface area contributed by atoms with Gasteiger partial charge in [0.2, 0.25) is 0 Å². The van der Waals surface area contributed by atoms with Crippen LogP contribution in [-0.4, -0.2) is 13.1 Å². The van der Waals surface area contributed by atoms with Gasteiger partial charge in [0.1, 0.15) is 0 Å². The zero-order chi connectivity index (χ0) is 9.03. The first-order valence-corrected chi connectivity index (χ1v) is 5.10. The Morgan fingerprint density at radius 1 is 1.42 bits per heavy atom. The molecule has 0 radical (unpaired) electrons. The molecule has 1 fully saturated rings. The molecule has 12 heavy (non-hydrogen) atoms. The van der Waals surface area contributed by atoms with E-state index in [1.54, 1.807) is 0 Å². The summed E-state index contributed by atoms with van der Waals surface area (Å²) in [6.07, 6.45) is 6.51. The van der Waals surface area contributed by atoms with Gasteiger partial charge in [-0.3, -0.25) is 0 Å². The predicted octanol–water partition coefficient (Wildman–Crippen LogP) is 1.49. The van der Waals surface area contributed by atoms with Crippen LogP contribution in [0.1, 0.15) is 39.0 Å². The molecule has 0 heterocycles. The molecule has 1 aliphatic rings. The van der Waals surface area contributed by atoms with Crippen molar-refractivity contribution in [2.75, 3.05) is 13.1 Å². The molecule has 0 aromatic heterocycles. The third-order valence-electron chi connectivity index (χ3n) is 3.24. The second-order valence-corrected chi connectivity index (χ2v) is 4.55. The Morgan fingerprint density at radius 3 is 2.75 bits per heavy atom. The molecule has 0 bridgehead atoms. The Kier molecular flexibility index (Phi) is 3.53. The van der Waals surface area contributed by atoms with Crippen LogP contribution in [0, 0.1) is 11.3 Å². The minimum absolute atomic E-state index is 0.415. The highest BCUT2D eigenvalue weighted by atomic mass is 14.6. The maximum absolute atomic E-state index is 5.76. The van der Waals surface area contributed by atoms with Crippen LogP contribution >= 0.6 is 0 Å². The first-order chi connectivity index (χ1) is 5.70. The van der Waals surface area contributed by atoms with Crippen LogP contribution in [0.15, 0.2) is 0 Å². The van der Waals surface area contributed by atoms with Gasteiger partial charge in [0.25, 0.3) is 0 Å². The molecule has 0 saturated heterocycles. The summed E-state index contributed by atoms with van der Waals surface area (Å²) in [6, 6.07) is 0. The van der Waals surface area contributed by atoms with E-state index >= 15 is 0 Å². The molecule has 1 saturated carbocycles. The molecular formula is C10H22N2. The van der Waals surface area contributed by atoms with E-state index in [9.17, 15) is 0 Å². The van der Waals surface area contributed by atoms with Crippen LogP contribution in [0.3, 0.4) is 0 Å². The van der Waals surface area contributed by atoms with Gasteiger partial charge in [-0.1, -0.05) is 19.8 Å². The third-order valence-corrected chi connectivity index (χ3v) is 3.24. The molecule has 0 aromatic carbocycles. The first-order valence-electron chi connectivity index (χ1n) is 5.10. The molecule has 2 unspecified atom stereocenters. The van der Waals surface area contributed by atoms with Crippen molar-refractivity contribution in [3.63, 3.8) is 0 Å². The average molecular weight is 170 g/mol. The minimum atomic E-state index is 0.415. The fourth-order valence-electron chi connectivity index (χ4n) is 2.39. The largest absolute Gasteiger partial charge is 0.330 e. The van der Waals surface area contributed by atoms with Gasteiger partial charge in [0, 0.05) is 0 Å². The van der Waals surface area contributed by atoms with Gasteiger partial charge in [-0.25, -0.2) is 0 Å². The van der Waals surface area contributed by atoms with Crippen LogP contribution in [0.2, 0.25) is 0 Å². The van der Waals surface area contributed by atoms with E-state index in [-0.39, 0.29) is 0 Å². The summed E-state index contributed by atoms with van der Waals surface area (Å²) < 4.78 is 0. The molecular weight excluding hydrogens is 148 g/mol. The minimum Gasteiger partial charge on any atom is -0.330 e. The standard InChI is InChI=1S/C10H22N2/c1-10(8-12)5-2-3-9(7-10)4-6-11/h9H,2-8,11-12H2,1H3. The summed E-state index contributed by atoms with van der Waals surface area (Å²) in [5, 5.41) is 0. The first kappa shape index (κ1) is 10.0. The lowest BCUT2D eigenvalue weighted by Gasteiger charge is -2.37. The van der Waals surface area contributed by atoms with Crippen LogP contribution in [0.25, 0.3) is 0 Å². The smallest absolute Gasteiger partial charge is 0.00231 e. The van der Waals surface area contributed by atoms with Crippen LogP contribution in [-0.2, 0) is 0 Å². The van der Waals surface area contributed by atoms with Crippen LogP contribution < -0.4 is 11.5 Å². The van der Waals surface area contributed by atoms with E-state index in [1.165, 1.54) is 32.1 Å². The summed E-state index contributed by atoms with van der Waals surface area (Å²) in [5.41, 5.74) is 11.7. The lowest BCUT2D eigenvalue weighted by Crippen LogP contribution is -2.33. The lowest BCUT2D eigenvalue weighted by molar-refractivity contribution is 0.162. The van der Waals surface area contributed by atoms with Gasteiger partial charge in [0.15, 0.2) is 0 Å². The van der Waals surface area contributed by atoms with Crippen molar-refractivity contribution in [1.29, 1.82) is 0 Å². The van der Waals surface area contributed by atoms with Gasteiger partial charge in [0.05, 0.1) is 0 Å². The number of hydrogen-bond acceptors (Lipinski definition) is 2. The van der Waals surface area contributed by atoms with E-state index in [1.807, 2.05) is 0 Å². The van der Waals surface area contributed by atoms with Crippen molar-refractivity contribution >= 4 is 0 Å². The monoisotopic (exact) mass is 170 g/mol. The summed E-state index contributed by atoms with van der Waals surface area (Å²) in [7, 11) is 0. The van der Waals surface area contributed by atoms with Gasteiger partial charge in [-0.15, -0.1) is 0 Å². The molecule has 0 amide bonds. The molecule has 2 nitrogen and oxygen atoms in total. The van der Waals surface area contributed by atoms with Gasteiger partial charge >= 0.3 is 0 Å².